The highest BCUT2D eigenvalue weighted by molar-refractivity contribution is 6.13. The topological polar surface area (TPSA) is 142 Å². The van der Waals surface area contributed by atoms with Gasteiger partial charge in [0.1, 0.15) is 0 Å². The van der Waals surface area contributed by atoms with E-state index in [1.807, 2.05) is 32.0 Å². The zero-order valence-corrected chi connectivity index (χ0v) is 23.5. The number of imide groups is 1. The van der Waals surface area contributed by atoms with Gasteiger partial charge in [0.25, 0.3) is 11.8 Å². The fraction of sp³-hybridized carbons (Fsp3) is 0.429. The lowest BCUT2D eigenvalue weighted by Gasteiger charge is -2.39. The number of benzene rings is 1. The second kappa shape index (κ2) is 11.2. The fourth-order valence-corrected chi connectivity index (χ4v) is 5.17. The first kappa shape index (κ1) is 31.0. The molecule has 11 nitrogen and oxygen atoms in total. The third-order valence-corrected chi connectivity index (χ3v) is 7.79. The minimum atomic E-state index is -5.08. The number of carboxylic acids is 1. The number of alkyl halides is 5. The van der Waals surface area contributed by atoms with E-state index < -0.39 is 29.9 Å². The largest absolute Gasteiger partial charge is 0.490 e. The van der Waals surface area contributed by atoms with E-state index in [9.17, 15) is 31.5 Å². The highest BCUT2D eigenvalue weighted by atomic mass is 19.4. The van der Waals surface area contributed by atoms with Crippen molar-refractivity contribution in [2.24, 2.45) is 0 Å². The standard InChI is InChI=1S/C26H26F2N6O3.C2HF3O2/c1-25(2)19-11-17(33-10-9-30-26(14-33)7-8-26)5-6-18(19)23(35)34(24(25)36)13-16-4-3-15(12-29-16)21-31-32-22(37-21)20(27)28;3-2(4,5)1(6)7/h3-6,11-12,20,30H,7-10,13-14H2,1-2H3;(H,6,7). The number of carboxylic acid groups (broad SMARTS) is 1. The highest BCUT2D eigenvalue weighted by Gasteiger charge is 2.47. The molecule has 1 saturated heterocycles. The number of carbonyl (C=O) groups excluding carboxylic acids is 2. The Kier molecular flexibility index (Phi) is 7.90. The number of pyridine rings is 1. The maximum absolute atomic E-state index is 13.5. The van der Waals surface area contributed by atoms with Gasteiger partial charge in [0.05, 0.1) is 23.2 Å². The number of amides is 2. The minimum Gasteiger partial charge on any atom is -0.475 e. The molecule has 1 aromatic carbocycles. The number of hydrogen-bond acceptors (Lipinski definition) is 9. The van der Waals surface area contributed by atoms with E-state index in [1.165, 1.54) is 23.9 Å². The molecule has 44 heavy (non-hydrogen) atoms. The molecule has 3 aromatic rings. The van der Waals surface area contributed by atoms with Crippen LogP contribution < -0.4 is 10.2 Å². The summed E-state index contributed by atoms with van der Waals surface area (Å²) in [6, 6.07) is 8.96. The van der Waals surface area contributed by atoms with Crippen LogP contribution in [0.2, 0.25) is 0 Å². The van der Waals surface area contributed by atoms with E-state index >= 15 is 0 Å². The smallest absolute Gasteiger partial charge is 0.475 e. The molecule has 16 heteroatoms. The molecule has 1 saturated carbocycles. The summed E-state index contributed by atoms with van der Waals surface area (Å²) in [5.41, 5.74) is 2.40. The summed E-state index contributed by atoms with van der Waals surface area (Å²) >= 11 is 0. The second-order valence-electron chi connectivity index (χ2n) is 11.3. The summed E-state index contributed by atoms with van der Waals surface area (Å²) in [5, 5.41) is 17.7. The van der Waals surface area contributed by atoms with Crippen molar-refractivity contribution in [1.82, 2.24) is 25.4 Å². The number of aliphatic carboxylic acids is 1. The van der Waals surface area contributed by atoms with Gasteiger partial charge >= 0.3 is 18.6 Å². The molecular formula is C28H27F5N6O5. The van der Waals surface area contributed by atoms with E-state index in [-0.39, 0.29) is 29.8 Å². The Hall–Kier alpha value is -4.47. The number of rotatable bonds is 5. The predicted octanol–water partition coefficient (Wildman–Crippen LogP) is 4.10. The van der Waals surface area contributed by atoms with Crippen LogP contribution in [0.5, 0.6) is 0 Å². The number of aromatic nitrogens is 3. The van der Waals surface area contributed by atoms with Crippen LogP contribution in [0.1, 0.15) is 60.6 Å². The summed E-state index contributed by atoms with van der Waals surface area (Å²) in [6.07, 6.45) is -4.21. The van der Waals surface area contributed by atoms with Crippen LogP contribution in [-0.4, -0.2) is 74.3 Å². The number of anilines is 1. The minimum absolute atomic E-state index is 0.0188. The van der Waals surface area contributed by atoms with Crippen molar-refractivity contribution in [3.05, 3.63) is 59.2 Å². The van der Waals surface area contributed by atoms with Crippen molar-refractivity contribution < 1.29 is 45.9 Å². The van der Waals surface area contributed by atoms with Crippen LogP contribution in [0.3, 0.4) is 0 Å². The van der Waals surface area contributed by atoms with Crippen molar-refractivity contribution in [2.45, 2.75) is 56.8 Å². The van der Waals surface area contributed by atoms with Crippen molar-refractivity contribution >= 4 is 23.5 Å². The fourth-order valence-electron chi connectivity index (χ4n) is 5.17. The average Bonchev–Trinajstić information content (AvgIpc) is 3.51. The first-order valence-electron chi connectivity index (χ1n) is 13.5. The molecule has 0 atom stereocenters. The maximum Gasteiger partial charge on any atom is 0.490 e. The van der Waals surface area contributed by atoms with E-state index in [1.54, 1.807) is 12.1 Å². The Bertz CT molecular complexity index is 1590. The van der Waals surface area contributed by atoms with Crippen LogP contribution in [0.4, 0.5) is 27.6 Å². The summed E-state index contributed by atoms with van der Waals surface area (Å²) in [6.45, 7) is 6.37. The van der Waals surface area contributed by atoms with Crippen LogP contribution in [0.25, 0.3) is 11.5 Å². The summed E-state index contributed by atoms with van der Waals surface area (Å²) < 4.78 is 62.1. The molecule has 0 bridgehead atoms. The van der Waals surface area contributed by atoms with Gasteiger partial charge in [-0.15, -0.1) is 10.2 Å². The molecule has 234 valence electrons. The van der Waals surface area contributed by atoms with E-state index in [2.05, 4.69) is 25.4 Å². The molecule has 2 aliphatic heterocycles. The van der Waals surface area contributed by atoms with Gasteiger partial charge in [-0.25, -0.2) is 4.79 Å². The van der Waals surface area contributed by atoms with Crippen molar-refractivity contribution in [3.63, 3.8) is 0 Å². The molecule has 2 amide bonds. The van der Waals surface area contributed by atoms with Crippen LogP contribution >= 0.6 is 0 Å². The van der Waals surface area contributed by atoms with Crippen LogP contribution in [0.15, 0.2) is 40.9 Å². The Balaban J connectivity index is 0.000000493. The van der Waals surface area contributed by atoms with Crippen molar-refractivity contribution in [3.8, 4) is 11.5 Å². The Labute approximate surface area is 247 Å². The third kappa shape index (κ3) is 6.11. The lowest BCUT2D eigenvalue weighted by atomic mass is 9.77. The normalized spacial score (nSPS) is 18.6. The molecule has 1 aliphatic carbocycles. The Morgan fingerprint density at radius 3 is 2.41 bits per heavy atom. The van der Waals surface area contributed by atoms with Gasteiger partial charge < -0.3 is 19.7 Å². The maximum atomic E-state index is 13.5. The Morgan fingerprint density at radius 2 is 1.84 bits per heavy atom. The second-order valence-corrected chi connectivity index (χ2v) is 11.3. The first-order chi connectivity index (χ1) is 20.6. The van der Waals surface area contributed by atoms with Gasteiger partial charge in [0, 0.05) is 42.6 Å². The lowest BCUT2D eigenvalue weighted by molar-refractivity contribution is -0.192. The first-order valence-corrected chi connectivity index (χ1v) is 13.5. The van der Waals surface area contributed by atoms with Crippen molar-refractivity contribution in [1.29, 1.82) is 0 Å². The van der Waals surface area contributed by atoms with E-state index in [0.717, 1.165) is 30.9 Å². The number of carbonyl (C=O) groups is 3. The zero-order chi connectivity index (χ0) is 32.0. The van der Waals surface area contributed by atoms with Gasteiger partial charge in [0.15, 0.2) is 0 Å². The van der Waals surface area contributed by atoms with Crippen LogP contribution in [0, 0.1) is 0 Å². The molecule has 6 rings (SSSR count). The Morgan fingerprint density at radius 1 is 1.14 bits per heavy atom. The average molecular weight is 623 g/mol. The van der Waals surface area contributed by atoms with Gasteiger partial charge in [-0.05, 0) is 62.6 Å². The molecule has 4 heterocycles. The number of fused-ring (bicyclic) bond motifs is 1. The molecule has 1 spiro atoms. The van der Waals surface area contributed by atoms with Crippen LogP contribution in [-0.2, 0) is 21.5 Å². The number of nitrogens with one attached hydrogen (secondary N) is 1. The number of halogens is 5. The number of hydrogen-bond donors (Lipinski definition) is 2. The molecule has 0 unspecified atom stereocenters. The van der Waals surface area contributed by atoms with Gasteiger partial charge in [0.2, 0.25) is 11.8 Å². The quantitative estimate of drug-likeness (QED) is 0.316. The van der Waals surface area contributed by atoms with E-state index in [0.29, 0.717) is 16.8 Å². The number of nitrogens with zero attached hydrogens (tertiary/aromatic N) is 5. The SMILES string of the molecule is CC1(C)C(=O)N(Cc2ccc(-c3nnc(C(F)F)o3)cn2)C(=O)c2ccc(N3CCNC4(CC4)C3)cc21.O=C(O)C(F)(F)F. The zero-order valence-electron chi connectivity index (χ0n) is 23.5. The van der Waals surface area contributed by atoms with Gasteiger partial charge in [-0.1, -0.05) is 0 Å². The molecule has 0 radical (unpaired) electrons. The summed E-state index contributed by atoms with van der Waals surface area (Å²) in [5.74, 6) is -4.27. The molecular weight excluding hydrogens is 595 g/mol. The lowest BCUT2D eigenvalue weighted by Crippen LogP contribution is -2.53. The monoisotopic (exact) mass is 622 g/mol. The van der Waals surface area contributed by atoms with Gasteiger partial charge in [-0.2, -0.15) is 22.0 Å². The predicted molar refractivity (Wildman–Crippen MR) is 143 cm³/mol. The van der Waals surface area contributed by atoms with Gasteiger partial charge in [-0.3, -0.25) is 19.5 Å². The third-order valence-electron chi connectivity index (χ3n) is 7.79. The van der Waals surface area contributed by atoms with Crippen molar-refractivity contribution in [2.75, 3.05) is 24.5 Å². The summed E-state index contributed by atoms with van der Waals surface area (Å²) in [7, 11) is 0. The molecule has 2 fully saturated rings. The molecule has 2 aromatic heterocycles. The molecule has 2 N–H and O–H groups in total. The van der Waals surface area contributed by atoms with E-state index in [4.69, 9.17) is 14.3 Å². The molecule has 3 aliphatic rings. The highest BCUT2D eigenvalue weighted by Crippen LogP contribution is 2.41. The number of piperazine rings is 1. The summed E-state index contributed by atoms with van der Waals surface area (Å²) in [4.78, 5) is 43.7.